The van der Waals surface area contributed by atoms with Gasteiger partial charge in [0.05, 0.1) is 0 Å². The number of hydrogen-bond donors (Lipinski definition) is 1. The Kier molecular flexibility index (Phi) is 2.49. The van der Waals surface area contributed by atoms with E-state index >= 15 is 0 Å². The van der Waals surface area contributed by atoms with Gasteiger partial charge in [0.2, 0.25) is 0 Å². The lowest BCUT2D eigenvalue weighted by Gasteiger charge is -1.96. The Morgan fingerprint density at radius 2 is 2.17 bits per heavy atom. The lowest BCUT2D eigenvalue weighted by Crippen LogP contribution is -1.87. The molecule has 0 spiro atoms. The molecule has 0 aromatic heterocycles. The van der Waals surface area contributed by atoms with Crippen LogP contribution in [0.3, 0.4) is 0 Å². The monoisotopic (exact) mass is 159 g/mol. The third kappa shape index (κ3) is 2.14. The molecule has 2 N–H and O–H groups in total. The van der Waals surface area contributed by atoms with Crippen molar-refractivity contribution in [1.82, 2.24) is 0 Å². The predicted molar refractivity (Wildman–Crippen MR) is 48.5 cm³/mol. The summed E-state index contributed by atoms with van der Waals surface area (Å²) in [5.74, 6) is 5.01. The van der Waals surface area contributed by atoms with Gasteiger partial charge in [-0.2, -0.15) is 0 Å². The van der Waals surface area contributed by atoms with Crippen molar-refractivity contribution in [3.63, 3.8) is 0 Å². The van der Waals surface area contributed by atoms with Gasteiger partial charge in [0.25, 0.3) is 0 Å². The number of anilines is 1. The summed E-state index contributed by atoms with van der Waals surface area (Å²) in [7, 11) is 0. The third-order valence-electron chi connectivity index (χ3n) is 1.38. The summed E-state index contributed by atoms with van der Waals surface area (Å²) in [5, 5.41) is 0. The minimum Gasteiger partial charge on any atom is -0.399 e. The quantitative estimate of drug-likeness (QED) is 0.350. The number of nitrogen functional groups attached to an aromatic ring is 1. The van der Waals surface area contributed by atoms with E-state index in [4.69, 9.17) is 5.73 Å². The van der Waals surface area contributed by atoms with Crippen LogP contribution in [0, 0.1) is 18.8 Å². The first kappa shape index (κ1) is 8.35. The van der Waals surface area contributed by atoms with Crippen LogP contribution in [-0.4, -0.2) is 6.29 Å². The minimum absolute atomic E-state index is 0.568. The van der Waals surface area contributed by atoms with E-state index in [0.717, 1.165) is 11.1 Å². The molecule has 0 amide bonds. The maximum atomic E-state index is 9.94. The van der Waals surface area contributed by atoms with Crippen LogP contribution in [0.1, 0.15) is 11.1 Å². The van der Waals surface area contributed by atoms with Crippen LogP contribution < -0.4 is 5.73 Å². The summed E-state index contributed by atoms with van der Waals surface area (Å²) in [6.45, 7) is 1.93. The van der Waals surface area contributed by atoms with Gasteiger partial charge < -0.3 is 5.73 Å². The van der Waals surface area contributed by atoms with Gasteiger partial charge in [0.1, 0.15) is 0 Å². The van der Waals surface area contributed by atoms with E-state index in [1.807, 2.05) is 19.1 Å². The largest absolute Gasteiger partial charge is 0.399 e. The normalized spacial score (nSPS) is 8.42. The molecule has 0 fully saturated rings. The molecule has 0 unspecified atom stereocenters. The smallest absolute Gasteiger partial charge is 0.193 e. The number of nitrogens with two attached hydrogens (primary N) is 1. The summed E-state index contributed by atoms with van der Waals surface area (Å²) in [5.41, 5.74) is 8.07. The second-order valence-corrected chi connectivity index (χ2v) is 2.52. The molecule has 2 nitrogen and oxygen atoms in total. The highest BCUT2D eigenvalue weighted by atomic mass is 16.1. The van der Waals surface area contributed by atoms with Crippen LogP contribution >= 0.6 is 0 Å². The van der Waals surface area contributed by atoms with Gasteiger partial charge in [0, 0.05) is 11.3 Å². The van der Waals surface area contributed by atoms with Crippen molar-refractivity contribution >= 4 is 12.0 Å². The molecule has 0 bridgehead atoms. The fourth-order valence-corrected chi connectivity index (χ4v) is 0.998. The molecule has 1 aromatic rings. The van der Waals surface area contributed by atoms with E-state index in [9.17, 15) is 4.79 Å². The number of hydrogen-bond acceptors (Lipinski definition) is 2. The molecular weight excluding hydrogens is 150 g/mol. The Labute approximate surface area is 71.4 Å². The first-order chi connectivity index (χ1) is 5.72. The van der Waals surface area contributed by atoms with Gasteiger partial charge in [-0.15, -0.1) is 0 Å². The molecule has 0 aliphatic heterocycles. The summed E-state index contributed by atoms with van der Waals surface area (Å²) < 4.78 is 0. The highest BCUT2D eigenvalue weighted by molar-refractivity contribution is 5.74. The van der Waals surface area contributed by atoms with Crippen molar-refractivity contribution in [3.05, 3.63) is 29.3 Å². The molecule has 0 aliphatic carbocycles. The third-order valence-corrected chi connectivity index (χ3v) is 1.38. The van der Waals surface area contributed by atoms with Gasteiger partial charge in [-0.3, -0.25) is 4.79 Å². The van der Waals surface area contributed by atoms with Crippen LogP contribution in [-0.2, 0) is 4.79 Å². The van der Waals surface area contributed by atoms with E-state index in [2.05, 4.69) is 11.8 Å². The van der Waals surface area contributed by atoms with Crippen LogP contribution in [0.25, 0.3) is 0 Å². The molecule has 0 radical (unpaired) electrons. The summed E-state index contributed by atoms with van der Waals surface area (Å²) in [4.78, 5) is 9.94. The van der Waals surface area contributed by atoms with Crippen molar-refractivity contribution < 1.29 is 4.79 Å². The zero-order chi connectivity index (χ0) is 8.97. The average molecular weight is 159 g/mol. The first-order valence-electron chi connectivity index (χ1n) is 3.55. The van der Waals surface area contributed by atoms with E-state index in [1.54, 1.807) is 6.07 Å². The number of carbonyl (C=O) groups is 1. The Balaban J connectivity index is 3.08. The molecule has 2 heteroatoms. The first-order valence-corrected chi connectivity index (χ1v) is 3.55. The second kappa shape index (κ2) is 3.59. The Morgan fingerprint density at radius 3 is 2.75 bits per heavy atom. The van der Waals surface area contributed by atoms with Crippen molar-refractivity contribution in [2.75, 3.05) is 5.73 Å². The second-order valence-electron chi connectivity index (χ2n) is 2.52. The molecule has 0 heterocycles. The van der Waals surface area contributed by atoms with Crippen LogP contribution in [0.15, 0.2) is 18.2 Å². The Bertz CT molecular complexity index is 338. The van der Waals surface area contributed by atoms with Crippen LogP contribution in [0.2, 0.25) is 0 Å². The standard InChI is InChI=1S/C10H9NO/c1-8-5-9(3-2-4-12)7-10(11)6-8/h4-7H,11H2,1H3. The molecule has 0 atom stereocenters. The fraction of sp³-hybridized carbons (Fsp3) is 0.100. The van der Waals surface area contributed by atoms with E-state index in [-0.39, 0.29) is 0 Å². The van der Waals surface area contributed by atoms with Gasteiger partial charge >= 0.3 is 0 Å². The summed E-state index contributed by atoms with van der Waals surface area (Å²) in [6, 6.07) is 5.47. The van der Waals surface area contributed by atoms with Crippen LogP contribution in [0.5, 0.6) is 0 Å². The molecule has 0 saturated heterocycles. The number of rotatable bonds is 0. The molecule has 60 valence electrons. The number of benzene rings is 1. The van der Waals surface area contributed by atoms with Gasteiger partial charge in [-0.25, -0.2) is 0 Å². The molecule has 0 aliphatic rings. The molecular formula is C10H9NO. The molecule has 1 aromatic carbocycles. The Hall–Kier alpha value is -1.75. The Morgan fingerprint density at radius 1 is 1.42 bits per heavy atom. The van der Waals surface area contributed by atoms with Crippen molar-refractivity contribution in [1.29, 1.82) is 0 Å². The van der Waals surface area contributed by atoms with Gasteiger partial charge in [-0.1, -0.05) is 5.92 Å². The van der Waals surface area contributed by atoms with Crippen molar-refractivity contribution in [2.24, 2.45) is 0 Å². The molecule has 0 saturated carbocycles. The number of aryl methyl sites for hydroxylation is 1. The molecule has 1 rings (SSSR count). The summed E-state index contributed by atoms with van der Waals surface area (Å²) in [6.07, 6.45) is 0.568. The topological polar surface area (TPSA) is 43.1 Å². The van der Waals surface area contributed by atoms with E-state index < -0.39 is 0 Å². The maximum Gasteiger partial charge on any atom is 0.193 e. The highest BCUT2D eigenvalue weighted by Crippen LogP contribution is 2.09. The zero-order valence-electron chi connectivity index (χ0n) is 6.79. The van der Waals surface area contributed by atoms with E-state index in [1.165, 1.54) is 0 Å². The van der Waals surface area contributed by atoms with Crippen LogP contribution in [0.4, 0.5) is 5.69 Å². The lowest BCUT2D eigenvalue weighted by molar-refractivity contribution is -0.103. The van der Waals surface area contributed by atoms with Crippen molar-refractivity contribution in [3.8, 4) is 11.8 Å². The SMILES string of the molecule is Cc1cc(N)cc(C#CC=O)c1. The minimum atomic E-state index is 0.568. The van der Waals surface area contributed by atoms with Gasteiger partial charge in [-0.05, 0) is 36.6 Å². The van der Waals surface area contributed by atoms with E-state index in [0.29, 0.717) is 12.0 Å². The number of aldehydes is 1. The van der Waals surface area contributed by atoms with Gasteiger partial charge in [0.15, 0.2) is 6.29 Å². The summed E-state index contributed by atoms with van der Waals surface area (Å²) >= 11 is 0. The zero-order valence-corrected chi connectivity index (χ0v) is 6.79. The highest BCUT2D eigenvalue weighted by Gasteiger charge is 1.91. The number of carbonyl (C=O) groups excluding carboxylic acids is 1. The lowest BCUT2D eigenvalue weighted by atomic mass is 10.1. The average Bonchev–Trinajstić information content (AvgIpc) is 1.99. The molecule has 12 heavy (non-hydrogen) atoms. The maximum absolute atomic E-state index is 9.94. The van der Waals surface area contributed by atoms with Crippen molar-refractivity contribution in [2.45, 2.75) is 6.92 Å². The predicted octanol–water partition coefficient (Wildman–Crippen LogP) is 1.13. The fourth-order valence-electron chi connectivity index (χ4n) is 0.998.